The van der Waals surface area contributed by atoms with Gasteiger partial charge in [0.25, 0.3) is 0 Å². The lowest BCUT2D eigenvalue weighted by Gasteiger charge is -2.27. The topological polar surface area (TPSA) is 47.4 Å². The molecule has 1 aliphatic rings. The van der Waals surface area contributed by atoms with Crippen LogP contribution in [0.5, 0.6) is 0 Å². The van der Waals surface area contributed by atoms with E-state index in [2.05, 4.69) is 10.00 Å². The Bertz CT molecular complexity index is 397. The molecule has 18 heavy (non-hydrogen) atoms. The summed E-state index contributed by atoms with van der Waals surface area (Å²) in [7, 11) is 3.35. The molecule has 5 heteroatoms. The van der Waals surface area contributed by atoms with Crippen molar-refractivity contribution in [2.24, 2.45) is 7.05 Å². The number of methoxy groups -OCH3 is 1. The number of rotatable bonds is 5. The van der Waals surface area contributed by atoms with Gasteiger partial charge in [-0.3, -0.25) is 14.4 Å². The van der Waals surface area contributed by atoms with Gasteiger partial charge in [-0.15, -0.1) is 0 Å². The van der Waals surface area contributed by atoms with Crippen molar-refractivity contribution in [3.05, 3.63) is 18.0 Å². The maximum atomic E-state index is 11.5. The third-order valence-corrected chi connectivity index (χ3v) is 3.54. The molecule has 0 atom stereocenters. The van der Waals surface area contributed by atoms with Gasteiger partial charge in [-0.1, -0.05) is 12.8 Å². The first kappa shape index (κ1) is 13.1. The Hall–Kier alpha value is -1.36. The molecule has 1 fully saturated rings. The molecule has 1 saturated carbocycles. The molecule has 100 valence electrons. The molecular formula is C13H21N3O2. The summed E-state index contributed by atoms with van der Waals surface area (Å²) >= 11 is 0. The Balaban J connectivity index is 2.01. The first-order chi connectivity index (χ1) is 8.69. The van der Waals surface area contributed by atoms with Crippen LogP contribution in [-0.4, -0.2) is 40.3 Å². The first-order valence-electron chi connectivity index (χ1n) is 6.47. The summed E-state index contributed by atoms with van der Waals surface area (Å²) in [5.41, 5.74) is 1.15. The molecule has 2 rings (SSSR count). The molecule has 0 spiro atoms. The van der Waals surface area contributed by atoms with Gasteiger partial charge in [0.05, 0.1) is 19.9 Å². The number of carbonyl (C=O) groups is 1. The van der Waals surface area contributed by atoms with Crippen LogP contribution < -0.4 is 0 Å². The number of nitrogens with zero attached hydrogens (tertiary/aromatic N) is 3. The molecular weight excluding hydrogens is 230 g/mol. The van der Waals surface area contributed by atoms with Crippen LogP contribution in [0.25, 0.3) is 0 Å². The second-order valence-electron chi connectivity index (χ2n) is 4.94. The molecule has 0 amide bonds. The Morgan fingerprint density at radius 3 is 2.83 bits per heavy atom. The normalized spacial score (nSPS) is 16.4. The highest BCUT2D eigenvalue weighted by Gasteiger charge is 2.25. The molecule has 0 bridgehead atoms. The fourth-order valence-electron chi connectivity index (χ4n) is 2.60. The predicted octanol–water partition coefficient (Wildman–Crippen LogP) is 1.34. The summed E-state index contributed by atoms with van der Waals surface area (Å²) < 4.78 is 6.57. The van der Waals surface area contributed by atoms with Crippen molar-refractivity contribution in [1.82, 2.24) is 14.7 Å². The van der Waals surface area contributed by atoms with Crippen molar-refractivity contribution in [3.63, 3.8) is 0 Å². The number of hydrogen-bond acceptors (Lipinski definition) is 4. The maximum Gasteiger partial charge on any atom is 0.319 e. The number of aryl methyl sites for hydroxylation is 1. The van der Waals surface area contributed by atoms with Crippen molar-refractivity contribution in [2.45, 2.75) is 38.3 Å². The van der Waals surface area contributed by atoms with E-state index in [-0.39, 0.29) is 5.97 Å². The highest BCUT2D eigenvalue weighted by molar-refractivity contribution is 5.71. The molecule has 0 unspecified atom stereocenters. The van der Waals surface area contributed by atoms with Crippen LogP contribution in [0.2, 0.25) is 0 Å². The number of aromatic nitrogens is 2. The maximum absolute atomic E-state index is 11.5. The van der Waals surface area contributed by atoms with Crippen LogP contribution in [0.1, 0.15) is 31.2 Å². The predicted molar refractivity (Wildman–Crippen MR) is 67.9 cm³/mol. The fraction of sp³-hybridized carbons (Fsp3) is 0.692. The second kappa shape index (κ2) is 6.00. The molecule has 1 aliphatic carbocycles. The molecule has 1 aromatic rings. The summed E-state index contributed by atoms with van der Waals surface area (Å²) in [4.78, 5) is 13.7. The molecule has 0 radical (unpaired) electrons. The molecule has 1 aromatic heterocycles. The molecule has 1 heterocycles. The van der Waals surface area contributed by atoms with Gasteiger partial charge in [-0.25, -0.2) is 0 Å². The van der Waals surface area contributed by atoms with E-state index in [4.69, 9.17) is 4.74 Å². The largest absolute Gasteiger partial charge is 0.468 e. The van der Waals surface area contributed by atoms with E-state index in [1.807, 2.05) is 19.4 Å². The van der Waals surface area contributed by atoms with Crippen molar-refractivity contribution >= 4 is 5.97 Å². The minimum absolute atomic E-state index is 0.161. The summed E-state index contributed by atoms with van der Waals surface area (Å²) in [6.07, 6.45) is 8.73. The van der Waals surface area contributed by atoms with Gasteiger partial charge in [0.2, 0.25) is 0 Å². The average Bonchev–Trinajstić information content (AvgIpc) is 2.99. The molecule has 0 aliphatic heterocycles. The smallest absolute Gasteiger partial charge is 0.319 e. The van der Waals surface area contributed by atoms with Gasteiger partial charge in [-0.2, -0.15) is 5.10 Å². The van der Waals surface area contributed by atoms with Crippen molar-refractivity contribution < 1.29 is 9.53 Å². The summed E-state index contributed by atoms with van der Waals surface area (Å²) in [6, 6.07) is 0.504. The Morgan fingerprint density at radius 1 is 1.56 bits per heavy atom. The first-order valence-corrected chi connectivity index (χ1v) is 6.47. The molecule has 0 saturated heterocycles. The van der Waals surface area contributed by atoms with Crippen molar-refractivity contribution in [3.8, 4) is 0 Å². The van der Waals surface area contributed by atoms with Crippen LogP contribution in [0.4, 0.5) is 0 Å². The lowest BCUT2D eigenvalue weighted by atomic mass is 10.2. The third kappa shape index (κ3) is 3.32. The van der Waals surface area contributed by atoms with Gasteiger partial charge in [0.1, 0.15) is 0 Å². The quantitative estimate of drug-likeness (QED) is 0.741. The summed E-state index contributed by atoms with van der Waals surface area (Å²) in [5, 5.41) is 4.17. The van der Waals surface area contributed by atoms with Crippen molar-refractivity contribution in [2.75, 3.05) is 13.7 Å². The molecule has 0 aromatic carbocycles. The Morgan fingerprint density at radius 2 is 2.28 bits per heavy atom. The highest BCUT2D eigenvalue weighted by Crippen LogP contribution is 2.24. The van der Waals surface area contributed by atoms with Crippen LogP contribution in [0.15, 0.2) is 12.4 Å². The molecule has 5 nitrogen and oxygen atoms in total. The van der Waals surface area contributed by atoms with Gasteiger partial charge in [0.15, 0.2) is 0 Å². The van der Waals surface area contributed by atoms with Crippen LogP contribution >= 0.6 is 0 Å². The second-order valence-corrected chi connectivity index (χ2v) is 4.94. The summed E-state index contributed by atoms with van der Waals surface area (Å²) in [5.74, 6) is -0.161. The number of ether oxygens (including phenoxy) is 1. The lowest BCUT2D eigenvalue weighted by Crippen LogP contribution is -2.37. The van der Waals surface area contributed by atoms with Crippen LogP contribution in [-0.2, 0) is 23.1 Å². The van der Waals surface area contributed by atoms with E-state index >= 15 is 0 Å². The van der Waals surface area contributed by atoms with E-state index in [9.17, 15) is 4.79 Å². The minimum Gasteiger partial charge on any atom is -0.468 e. The Kier molecular flexibility index (Phi) is 4.36. The number of carbonyl (C=O) groups excluding carboxylic acids is 1. The van der Waals surface area contributed by atoms with E-state index in [0.717, 1.165) is 12.1 Å². The lowest BCUT2D eigenvalue weighted by molar-refractivity contribution is -0.142. The highest BCUT2D eigenvalue weighted by atomic mass is 16.5. The van der Waals surface area contributed by atoms with E-state index in [1.54, 1.807) is 4.68 Å². The third-order valence-electron chi connectivity index (χ3n) is 3.54. The standard InChI is InChI=1S/C13H21N3O2/c1-15-8-11(7-14-15)9-16(10-13(17)18-2)12-5-3-4-6-12/h7-8,12H,3-6,9-10H2,1-2H3. The average molecular weight is 251 g/mol. The van der Waals surface area contributed by atoms with Gasteiger partial charge >= 0.3 is 5.97 Å². The number of esters is 1. The van der Waals surface area contributed by atoms with E-state index in [0.29, 0.717) is 12.6 Å². The fourth-order valence-corrected chi connectivity index (χ4v) is 2.60. The minimum atomic E-state index is -0.161. The Labute approximate surface area is 108 Å². The van der Waals surface area contributed by atoms with Crippen molar-refractivity contribution in [1.29, 1.82) is 0 Å². The van der Waals surface area contributed by atoms with Crippen LogP contribution in [0, 0.1) is 0 Å². The zero-order chi connectivity index (χ0) is 13.0. The van der Waals surface area contributed by atoms with Crippen LogP contribution in [0.3, 0.4) is 0 Å². The van der Waals surface area contributed by atoms with Gasteiger partial charge in [0, 0.05) is 31.4 Å². The molecule has 0 N–H and O–H groups in total. The SMILES string of the molecule is COC(=O)CN(Cc1cnn(C)c1)C1CCCC1. The monoisotopic (exact) mass is 251 g/mol. The van der Waals surface area contributed by atoms with Gasteiger partial charge < -0.3 is 4.74 Å². The zero-order valence-electron chi connectivity index (χ0n) is 11.1. The number of hydrogen-bond donors (Lipinski definition) is 0. The van der Waals surface area contributed by atoms with E-state index in [1.165, 1.54) is 32.8 Å². The van der Waals surface area contributed by atoms with Gasteiger partial charge in [-0.05, 0) is 12.8 Å². The summed E-state index contributed by atoms with van der Waals surface area (Å²) in [6.45, 7) is 1.14. The zero-order valence-corrected chi connectivity index (χ0v) is 11.1. The van der Waals surface area contributed by atoms with E-state index < -0.39 is 0 Å².